The third-order valence-corrected chi connectivity index (χ3v) is 3.05. The third-order valence-electron chi connectivity index (χ3n) is 3.05. The van der Waals surface area contributed by atoms with Gasteiger partial charge in [0.1, 0.15) is 0 Å². The van der Waals surface area contributed by atoms with Gasteiger partial charge in [0.05, 0.1) is 0 Å². The molecule has 1 fully saturated rings. The van der Waals surface area contributed by atoms with Crippen LogP contribution >= 0.6 is 0 Å². The van der Waals surface area contributed by atoms with Crippen molar-refractivity contribution in [3.63, 3.8) is 0 Å². The van der Waals surface area contributed by atoms with E-state index in [2.05, 4.69) is 19.2 Å². The Hall–Kier alpha value is -0.730. The molecule has 1 aliphatic rings. The monoisotopic (exact) mass is 185 g/mol. The second-order valence-corrected chi connectivity index (χ2v) is 4.14. The van der Waals surface area contributed by atoms with Gasteiger partial charge in [-0.05, 0) is 24.7 Å². The molecule has 0 heterocycles. The zero-order valence-corrected chi connectivity index (χ0v) is 8.42. The van der Waals surface area contributed by atoms with Crippen LogP contribution < -0.4 is 5.32 Å². The van der Waals surface area contributed by atoms with Gasteiger partial charge in [-0.15, -0.1) is 0 Å². The number of hydrogen-bond donors (Lipinski definition) is 2. The normalized spacial score (nSPS) is 29.1. The number of rotatable bonds is 4. The molecule has 0 spiro atoms. The lowest BCUT2D eigenvalue weighted by molar-refractivity contribution is 0.136. The van der Waals surface area contributed by atoms with Crippen molar-refractivity contribution < 1.29 is 9.90 Å². The second kappa shape index (κ2) is 4.49. The smallest absolute Gasteiger partial charge is 0.404 e. The van der Waals surface area contributed by atoms with Crippen LogP contribution in [0.3, 0.4) is 0 Å². The van der Waals surface area contributed by atoms with Gasteiger partial charge >= 0.3 is 6.09 Å². The summed E-state index contributed by atoms with van der Waals surface area (Å²) in [6, 6.07) is 0.224. The Kier molecular flexibility index (Phi) is 3.58. The topological polar surface area (TPSA) is 49.3 Å². The molecular weight excluding hydrogens is 166 g/mol. The van der Waals surface area contributed by atoms with Gasteiger partial charge in [-0.1, -0.05) is 26.7 Å². The van der Waals surface area contributed by atoms with Gasteiger partial charge in [-0.25, -0.2) is 4.79 Å². The second-order valence-electron chi connectivity index (χ2n) is 4.14. The summed E-state index contributed by atoms with van der Waals surface area (Å²) in [5.74, 6) is 1.51. The SMILES string of the molecule is CCCC(C)C1CC(NC(=O)O)C1. The minimum Gasteiger partial charge on any atom is -0.465 e. The lowest BCUT2D eigenvalue weighted by atomic mass is 9.72. The average molecular weight is 185 g/mol. The quantitative estimate of drug-likeness (QED) is 0.706. The molecule has 0 bridgehead atoms. The summed E-state index contributed by atoms with van der Waals surface area (Å²) < 4.78 is 0. The predicted octanol–water partition coefficient (Wildman–Crippen LogP) is 2.47. The van der Waals surface area contributed by atoms with Crippen LogP contribution in [0.1, 0.15) is 39.5 Å². The van der Waals surface area contributed by atoms with Crippen LogP contribution in [0, 0.1) is 11.8 Å². The highest BCUT2D eigenvalue weighted by molar-refractivity contribution is 5.65. The Bertz CT molecular complexity index is 176. The first-order chi connectivity index (χ1) is 6.13. The Balaban J connectivity index is 2.13. The van der Waals surface area contributed by atoms with Crippen LogP contribution in [-0.4, -0.2) is 17.2 Å². The predicted molar refractivity (Wildman–Crippen MR) is 51.7 cm³/mol. The molecule has 0 aromatic carbocycles. The molecular formula is C10H19NO2. The minimum atomic E-state index is -0.883. The number of carboxylic acid groups (broad SMARTS) is 1. The van der Waals surface area contributed by atoms with Gasteiger partial charge in [-0.2, -0.15) is 0 Å². The molecule has 3 heteroatoms. The first-order valence-electron chi connectivity index (χ1n) is 5.13. The Morgan fingerprint density at radius 2 is 2.23 bits per heavy atom. The maximum atomic E-state index is 10.3. The lowest BCUT2D eigenvalue weighted by Crippen LogP contribution is -2.45. The first kappa shape index (κ1) is 10.4. The third kappa shape index (κ3) is 2.90. The molecule has 13 heavy (non-hydrogen) atoms. The summed E-state index contributed by atoms with van der Waals surface area (Å²) in [5, 5.41) is 11.0. The van der Waals surface area contributed by atoms with Gasteiger partial charge in [0.15, 0.2) is 0 Å². The Morgan fingerprint density at radius 1 is 1.62 bits per heavy atom. The molecule has 0 radical (unpaired) electrons. The molecule has 1 unspecified atom stereocenters. The standard InChI is InChI=1S/C10H19NO2/c1-3-4-7(2)8-5-9(6-8)11-10(12)13/h7-9,11H,3-6H2,1-2H3,(H,12,13). The Labute approximate surface area is 79.5 Å². The van der Waals surface area contributed by atoms with Crippen molar-refractivity contribution >= 4 is 6.09 Å². The van der Waals surface area contributed by atoms with Crippen LogP contribution in [0.2, 0.25) is 0 Å². The Morgan fingerprint density at radius 3 is 2.69 bits per heavy atom. The van der Waals surface area contributed by atoms with Crippen molar-refractivity contribution in [2.24, 2.45) is 11.8 Å². The summed E-state index contributed by atoms with van der Waals surface area (Å²) in [5.41, 5.74) is 0. The highest BCUT2D eigenvalue weighted by Gasteiger charge is 2.33. The number of amides is 1. The highest BCUT2D eigenvalue weighted by atomic mass is 16.4. The molecule has 0 aromatic rings. The van der Waals surface area contributed by atoms with Crippen LogP contribution in [0.25, 0.3) is 0 Å². The number of nitrogens with one attached hydrogen (secondary N) is 1. The van der Waals surface area contributed by atoms with Crippen molar-refractivity contribution in [2.45, 2.75) is 45.6 Å². The summed E-state index contributed by atoms with van der Waals surface area (Å²) >= 11 is 0. The van der Waals surface area contributed by atoms with Crippen molar-refractivity contribution in [1.29, 1.82) is 0 Å². The molecule has 0 aliphatic heterocycles. The van der Waals surface area contributed by atoms with Crippen molar-refractivity contribution in [2.75, 3.05) is 0 Å². The molecule has 0 saturated heterocycles. The zero-order chi connectivity index (χ0) is 9.84. The molecule has 1 rings (SSSR count). The van der Waals surface area contributed by atoms with E-state index in [-0.39, 0.29) is 6.04 Å². The van der Waals surface area contributed by atoms with Crippen molar-refractivity contribution in [3.8, 4) is 0 Å². The zero-order valence-electron chi connectivity index (χ0n) is 8.42. The van der Waals surface area contributed by atoms with E-state index in [1.165, 1.54) is 12.8 Å². The van der Waals surface area contributed by atoms with Gasteiger partial charge < -0.3 is 10.4 Å². The van der Waals surface area contributed by atoms with Crippen molar-refractivity contribution in [3.05, 3.63) is 0 Å². The molecule has 1 amide bonds. The molecule has 3 nitrogen and oxygen atoms in total. The average Bonchev–Trinajstić information content (AvgIpc) is 1.95. The van der Waals surface area contributed by atoms with E-state index in [0.29, 0.717) is 0 Å². The molecule has 0 aromatic heterocycles. The van der Waals surface area contributed by atoms with Gasteiger partial charge in [0.2, 0.25) is 0 Å². The van der Waals surface area contributed by atoms with E-state index < -0.39 is 6.09 Å². The first-order valence-corrected chi connectivity index (χ1v) is 5.13. The summed E-state index contributed by atoms with van der Waals surface area (Å²) in [6.45, 7) is 4.47. The molecule has 1 atom stereocenters. The fourth-order valence-electron chi connectivity index (χ4n) is 2.11. The van der Waals surface area contributed by atoms with Crippen LogP contribution in [0.4, 0.5) is 4.79 Å². The molecule has 2 N–H and O–H groups in total. The largest absolute Gasteiger partial charge is 0.465 e. The van der Waals surface area contributed by atoms with E-state index >= 15 is 0 Å². The minimum absolute atomic E-state index is 0.224. The maximum Gasteiger partial charge on any atom is 0.404 e. The van der Waals surface area contributed by atoms with Gasteiger partial charge in [0.25, 0.3) is 0 Å². The molecule has 76 valence electrons. The summed E-state index contributed by atoms with van der Waals surface area (Å²) in [4.78, 5) is 10.3. The van der Waals surface area contributed by atoms with E-state index in [9.17, 15) is 4.79 Å². The fourth-order valence-corrected chi connectivity index (χ4v) is 2.11. The number of carbonyl (C=O) groups is 1. The van der Waals surface area contributed by atoms with Gasteiger partial charge in [0, 0.05) is 6.04 Å². The fraction of sp³-hybridized carbons (Fsp3) is 0.900. The van der Waals surface area contributed by atoms with Crippen LogP contribution in [-0.2, 0) is 0 Å². The van der Waals surface area contributed by atoms with Crippen molar-refractivity contribution in [1.82, 2.24) is 5.32 Å². The van der Waals surface area contributed by atoms with E-state index in [1.54, 1.807) is 0 Å². The van der Waals surface area contributed by atoms with Crippen LogP contribution in [0.5, 0.6) is 0 Å². The lowest BCUT2D eigenvalue weighted by Gasteiger charge is -2.39. The number of hydrogen-bond acceptors (Lipinski definition) is 1. The van der Waals surface area contributed by atoms with Crippen LogP contribution in [0.15, 0.2) is 0 Å². The molecule has 1 saturated carbocycles. The van der Waals surface area contributed by atoms with E-state index in [4.69, 9.17) is 5.11 Å². The van der Waals surface area contributed by atoms with Gasteiger partial charge in [-0.3, -0.25) is 0 Å². The molecule has 1 aliphatic carbocycles. The van der Waals surface area contributed by atoms with E-state index in [1.807, 2.05) is 0 Å². The highest BCUT2D eigenvalue weighted by Crippen LogP contribution is 2.35. The summed E-state index contributed by atoms with van der Waals surface area (Å²) in [7, 11) is 0. The van der Waals surface area contributed by atoms with E-state index in [0.717, 1.165) is 24.7 Å². The maximum absolute atomic E-state index is 10.3. The summed E-state index contributed by atoms with van der Waals surface area (Å²) in [6.07, 6.45) is 3.69.